The van der Waals surface area contributed by atoms with Gasteiger partial charge in [0.05, 0.1) is 0 Å². The summed E-state index contributed by atoms with van der Waals surface area (Å²) in [4.78, 5) is 3.50. The Kier molecular flexibility index (Phi) is 4.51. The Labute approximate surface area is 145 Å². The van der Waals surface area contributed by atoms with Gasteiger partial charge in [0.2, 0.25) is 0 Å². The zero-order valence-corrected chi connectivity index (χ0v) is 15.2. The van der Waals surface area contributed by atoms with Crippen LogP contribution in [-0.2, 0) is 11.8 Å². The molecule has 1 heterocycles. The molecule has 0 fully saturated rings. The number of hydrogen-bond donors (Lipinski definition) is 2. The van der Waals surface area contributed by atoms with Gasteiger partial charge in [-0.25, -0.2) is 0 Å². The summed E-state index contributed by atoms with van der Waals surface area (Å²) in [6, 6.07) is 17.5. The third kappa shape index (κ3) is 3.25. The highest BCUT2D eigenvalue weighted by atomic mass is 14.7. The second-order valence-electron chi connectivity index (χ2n) is 7.78. The predicted molar refractivity (Wildman–Crippen MR) is 104 cm³/mol. The van der Waals surface area contributed by atoms with E-state index >= 15 is 0 Å². The van der Waals surface area contributed by atoms with Gasteiger partial charge in [-0.3, -0.25) is 0 Å². The number of aromatic amines is 1. The van der Waals surface area contributed by atoms with Gasteiger partial charge in [-0.05, 0) is 48.1 Å². The Hall–Kier alpha value is -2.06. The number of rotatable bonds is 4. The summed E-state index contributed by atoms with van der Waals surface area (Å²) >= 11 is 0. The normalized spacial score (nSPS) is 13.4. The van der Waals surface area contributed by atoms with Crippen LogP contribution >= 0.6 is 0 Å². The van der Waals surface area contributed by atoms with E-state index in [2.05, 4.69) is 81.2 Å². The van der Waals surface area contributed by atoms with Crippen molar-refractivity contribution < 1.29 is 0 Å². The minimum atomic E-state index is 0.185. The van der Waals surface area contributed by atoms with Gasteiger partial charge in [-0.2, -0.15) is 0 Å². The third-order valence-corrected chi connectivity index (χ3v) is 5.01. The Morgan fingerprint density at radius 3 is 2.29 bits per heavy atom. The fraction of sp³-hybridized carbons (Fsp3) is 0.364. The summed E-state index contributed by atoms with van der Waals surface area (Å²) in [5.74, 6) is 0.344. The zero-order chi connectivity index (χ0) is 17.3. The molecule has 0 amide bonds. The van der Waals surface area contributed by atoms with Gasteiger partial charge in [-0.1, -0.05) is 63.2 Å². The summed E-state index contributed by atoms with van der Waals surface area (Å²) in [7, 11) is 0. The van der Waals surface area contributed by atoms with Gasteiger partial charge >= 0.3 is 0 Å². The van der Waals surface area contributed by atoms with Crippen molar-refractivity contribution in [2.24, 2.45) is 5.73 Å². The minimum absolute atomic E-state index is 0.185. The average molecular weight is 320 g/mol. The SMILES string of the molecule is Cc1[nH]c2ccccc2c1CC(CN)c1ccc(C(C)(C)C)cc1. The molecule has 0 saturated heterocycles. The molecule has 0 radical (unpaired) electrons. The van der Waals surface area contributed by atoms with E-state index in [0.717, 1.165) is 6.42 Å². The highest BCUT2D eigenvalue weighted by Gasteiger charge is 2.18. The average Bonchev–Trinajstić information content (AvgIpc) is 2.87. The molecule has 0 aliphatic rings. The highest BCUT2D eigenvalue weighted by molar-refractivity contribution is 5.84. The molecule has 0 aliphatic carbocycles. The van der Waals surface area contributed by atoms with Gasteiger partial charge in [0, 0.05) is 22.5 Å². The molecule has 1 aromatic heterocycles. The first-order valence-corrected chi connectivity index (χ1v) is 8.77. The maximum atomic E-state index is 6.13. The first-order valence-electron chi connectivity index (χ1n) is 8.77. The van der Waals surface area contributed by atoms with Crippen molar-refractivity contribution in [3.8, 4) is 0 Å². The zero-order valence-electron chi connectivity index (χ0n) is 15.2. The van der Waals surface area contributed by atoms with Crippen LogP contribution in [0.4, 0.5) is 0 Å². The molecule has 3 rings (SSSR count). The molecule has 0 saturated carbocycles. The number of fused-ring (bicyclic) bond motifs is 1. The lowest BCUT2D eigenvalue weighted by atomic mass is 9.84. The number of para-hydroxylation sites is 1. The van der Waals surface area contributed by atoms with E-state index < -0.39 is 0 Å². The summed E-state index contributed by atoms with van der Waals surface area (Å²) in [6.45, 7) is 9.56. The molecule has 3 aromatic rings. The summed E-state index contributed by atoms with van der Waals surface area (Å²) in [5, 5.41) is 1.32. The second-order valence-corrected chi connectivity index (χ2v) is 7.78. The number of benzene rings is 2. The summed E-state index contributed by atoms with van der Waals surface area (Å²) in [5.41, 5.74) is 12.9. The van der Waals surface area contributed by atoms with Crippen LogP contribution < -0.4 is 5.73 Å². The monoisotopic (exact) mass is 320 g/mol. The quantitative estimate of drug-likeness (QED) is 0.693. The molecule has 3 N–H and O–H groups in total. The Morgan fingerprint density at radius 2 is 1.67 bits per heavy atom. The van der Waals surface area contributed by atoms with Crippen LogP contribution in [0.25, 0.3) is 10.9 Å². The fourth-order valence-corrected chi connectivity index (χ4v) is 3.44. The maximum absolute atomic E-state index is 6.13. The maximum Gasteiger partial charge on any atom is 0.0458 e. The Balaban J connectivity index is 1.90. The van der Waals surface area contributed by atoms with Crippen LogP contribution in [0, 0.1) is 6.92 Å². The highest BCUT2D eigenvalue weighted by Crippen LogP contribution is 2.29. The Morgan fingerprint density at radius 1 is 1.00 bits per heavy atom. The molecule has 0 aliphatic heterocycles. The third-order valence-electron chi connectivity index (χ3n) is 5.01. The van der Waals surface area contributed by atoms with Crippen LogP contribution in [0.15, 0.2) is 48.5 Å². The number of hydrogen-bond acceptors (Lipinski definition) is 1. The van der Waals surface area contributed by atoms with Gasteiger partial charge in [0.15, 0.2) is 0 Å². The van der Waals surface area contributed by atoms with Crippen molar-refractivity contribution in [1.82, 2.24) is 4.98 Å². The van der Waals surface area contributed by atoms with Crippen molar-refractivity contribution in [2.45, 2.75) is 45.4 Å². The molecular weight excluding hydrogens is 292 g/mol. The first kappa shape index (κ1) is 16.8. The number of aryl methyl sites for hydroxylation is 1. The van der Waals surface area contributed by atoms with Crippen LogP contribution in [0.1, 0.15) is 49.1 Å². The van der Waals surface area contributed by atoms with Crippen molar-refractivity contribution in [1.29, 1.82) is 0 Å². The predicted octanol–water partition coefficient (Wildman–Crippen LogP) is 5.06. The smallest absolute Gasteiger partial charge is 0.0458 e. The van der Waals surface area contributed by atoms with E-state index in [1.165, 1.54) is 33.3 Å². The fourth-order valence-electron chi connectivity index (χ4n) is 3.44. The van der Waals surface area contributed by atoms with Crippen molar-refractivity contribution in [2.75, 3.05) is 6.54 Å². The van der Waals surface area contributed by atoms with Crippen LogP contribution in [0.5, 0.6) is 0 Å². The molecule has 2 nitrogen and oxygen atoms in total. The molecule has 2 aromatic carbocycles. The summed E-state index contributed by atoms with van der Waals surface area (Å²) in [6.07, 6.45) is 0.973. The molecule has 2 heteroatoms. The summed E-state index contributed by atoms with van der Waals surface area (Å²) < 4.78 is 0. The second kappa shape index (κ2) is 6.45. The van der Waals surface area contributed by atoms with Gasteiger partial charge in [-0.15, -0.1) is 0 Å². The number of nitrogens with one attached hydrogen (secondary N) is 1. The van der Waals surface area contributed by atoms with Crippen molar-refractivity contribution in [3.05, 3.63) is 70.9 Å². The molecule has 126 valence electrons. The number of nitrogens with two attached hydrogens (primary N) is 1. The van der Waals surface area contributed by atoms with E-state index in [4.69, 9.17) is 5.73 Å². The van der Waals surface area contributed by atoms with E-state index in [9.17, 15) is 0 Å². The van der Waals surface area contributed by atoms with Gasteiger partial charge < -0.3 is 10.7 Å². The lowest BCUT2D eigenvalue weighted by Crippen LogP contribution is -2.16. The van der Waals surface area contributed by atoms with Crippen LogP contribution in [0.3, 0.4) is 0 Å². The molecular formula is C22H28N2. The van der Waals surface area contributed by atoms with E-state index in [0.29, 0.717) is 12.5 Å². The van der Waals surface area contributed by atoms with Crippen LogP contribution in [0.2, 0.25) is 0 Å². The Bertz CT molecular complexity index is 819. The largest absolute Gasteiger partial charge is 0.358 e. The minimum Gasteiger partial charge on any atom is -0.358 e. The van der Waals surface area contributed by atoms with Crippen molar-refractivity contribution >= 4 is 10.9 Å². The van der Waals surface area contributed by atoms with Gasteiger partial charge in [0.25, 0.3) is 0 Å². The van der Waals surface area contributed by atoms with E-state index in [1.54, 1.807) is 0 Å². The van der Waals surface area contributed by atoms with Crippen LogP contribution in [-0.4, -0.2) is 11.5 Å². The number of aromatic nitrogens is 1. The standard InChI is InChI=1S/C22H28N2/c1-15-20(19-7-5-6-8-21(19)24-15)13-17(14-23)16-9-11-18(12-10-16)22(2,3)4/h5-12,17,24H,13-14,23H2,1-4H3. The lowest BCUT2D eigenvalue weighted by Gasteiger charge is -2.21. The van der Waals surface area contributed by atoms with E-state index in [-0.39, 0.29) is 5.41 Å². The van der Waals surface area contributed by atoms with E-state index in [1.807, 2.05) is 0 Å². The van der Waals surface area contributed by atoms with Crippen molar-refractivity contribution in [3.63, 3.8) is 0 Å². The molecule has 0 spiro atoms. The van der Waals surface area contributed by atoms with Gasteiger partial charge in [0.1, 0.15) is 0 Å². The molecule has 1 atom stereocenters. The lowest BCUT2D eigenvalue weighted by molar-refractivity contribution is 0.589. The molecule has 24 heavy (non-hydrogen) atoms. The topological polar surface area (TPSA) is 41.8 Å². The molecule has 1 unspecified atom stereocenters. The number of H-pyrrole nitrogens is 1. The molecule has 0 bridgehead atoms. The first-order chi connectivity index (χ1) is 11.4.